The van der Waals surface area contributed by atoms with Gasteiger partial charge in [0, 0.05) is 5.56 Å². The molecule has 6 nitrogen and oxygen atoms in total. The summed E-state index contributed by atoms with van der Waals surface area (Å²) in [5.74, 6) is -4.25. The van der Waals surface area contributed by atoms with Gasteiger partial charge < -0.3 is 5.73 Å². The van der Waals surface area contributed by atoms with Crippen LogP contribution in [-0.4, -0.2) is 26.5 Å². The Balaban J connectivity index is 2.34. The molecule has 2 amide bonds. The average Bonchev–Trinajstić information content (AvgIpc) is 2.51. The second kappa shape index (κ2) is 7.20. The smallest absolute Gasteiger partial charge is 0.251 e. The number of carbonyl (C=O) groups is 2. The summed E-state index contributed by atoms with van der Waals surface area (Å²) in [6.07, 6.45) is 0.839. The Kier molecular flexibility index (Phi) is 5.41. The zero-order valence-corrected chi connectivity index (χ0v) is 14.7. The van der Waals surface area contributed by atoms with Crippen LogP contribution in [0.5, 0.6) is 0 Å². The number of nitrogens with one attached hydrogen (secondary N) is 1. The van der Waals surface area contributed by atoms with Gasteiger partial charge in [-0.05, 0) is 36.2 Å². The molecule has 1 unspecified atom stereocenters. The molecule has 138 valence electrons. The minimum atomic E-state index is -3.73. The lowest BCUT2D eigenvalue weighted by atomic mass is 9.96. The van der Waals surface area contributed by atoms with Crippen LogP contribution in [0.15, 0.2) is 36.4 Å². The van der Waals surface area contributed by atoms with Crippen molar-refractivity contribution in [3.8, 4) is 11.1 Å². The molecule has 0 aromatic heterocycles. The van der Waals surface area contributed by atoms with E-state index in [2.05, 4.69) is 0 Å². The van der Waals surface area contributed by atoms with Gasteiger partial charge in [0.05, 0.1) is 17.7 Å². The number of halogens is 2. The highest BCUT2D eigenvalue weighted by Gasteiger charge is 2.20. The van der Waals surface area contributed by atoms with Crippen molar-refractivity contribution in [1.82, 2.24) is 4.72 Å². The number of rotatable bonds is 5. The van der Waals surface area contributed by atoms with Crippen molar-refractivity contribution in [2.24, 2.45) is 5.73 Å². The number of carbonyl (C=O) groups excluding carboxylic acids is 2. The Morgan fingerprint density at radius 1 is 1.08 bits per heavy atom. The third-order valence-corrected chi connectivity index (χ3v) is 4.29. The van der Waals surface area contributed by atoms with Crippen molar-refractivity contribution >= 4 is 21.8 Å². The van der Waals surface area contributed by atoms with Crippen molar-refractivity contribution in [2.45, 2.75) is 12.8 Å². The molecule has 0 spiro atoms. The molecule has 0 bridgehead atoms. The maximum atomic E-state index is 14.4. The molecule has 0 fully saturated rings. The van der Waals surface area contributed by atoms with Gasteiger partial charge in [0.2, 0.25) is 15.9 Å². The van der Waals surface area contributed by atoms with Gasteiger partial charge in [0.25, 0.3) is 5.91 Å². The summed E-state index contributed by atoms with van der Waals surface area (Å²) < 4.78 is 52.3. The fourth-order valence-corrected chi connectivity index (χ4v) is 2.88. The largest absolute Gasteiger partial charge is 0.366 e. The minimum absolute atomic E-state index is 0.0550. The summed E-state index contributed by atoms with van der Waals surface area (Å²) in [6, 6.07) is 7.34. The Labute approximate surface area is 149 Å². The van der Waals surface area contributed by atoms with E-state index >= 15 is 0 Å². The fourth-order valence-electron chi connectivity index (χ4n) is 2.34. The Bertz CT molecular complexity index is 990. The quantitative estimate of drug-likeness (QED) is 0.824. The van der Waals surface area contributed by atoms with Crippen LogP contribution < -0.4 is 10.5 Å². The Morgan fingerprint density at radius 3 is 2.23 bits per heavy atom. The van der Waals surface area contributed by atoms with Crippen LogP contribution in [0.1, 0.15) is 28.8 Å². The highest BCUT2D eigenvalue weighted by Crippen LogP contribution is 2.28. The van der Waals surface area contributed by atoms with Gasteiger partial charge in [0.1, 0.15) is 11.6 Å². The molecule has 0 aliphatic carbocycles. The third-order valence-electron chi connectivity index (χ3n) is 3.72. The summed E-state index contributed by atoms with van der Waals surface area (Å²) in [4.78, 5) is 22.9. The molecule has 2 aromatic rings. The van der Waals surface area contributed by atoms with Crippen molar-refractivity contribution in [3.05, 3.63) is 59.2 Å². The van der Waals surface area contributed by atoms with E-state index in [1.807, 2.05) is 4.72 Å². The van der Waals surface area contributed by atoms with Crippen LogP contribution in [0.2, 0.25) is 0 Å². The maximum absolute atomic E-state index is 14.4. The van der Waals surface area contributed by atoms with E-state index in [-0.39, 0.29) is 22.3 Å². The summed E-state index contributed by atoms with van der Waals surface area (Å²) >= 11 is 0. The number of hydrogen-bond donors (Lipinski definition) is 2. The van der Waals surface area contributed by atoms with E-state index in [1.165, 1.54) is 25.1 Å². The number of hydrogen-bond acceptors (Lipinski definition) is 4. The van der Waals surface area contributed by atoms with Gasteiger partial charge in [-0.15, -0.1) is 0 Å². The fraction of sp³-hybridized carbons (Fsp3) is 0.176. The minimum Gasteiger partial charge on any atom is -0.366 e. The molecule has 0 saturated heterocycles. The number of sulfonamides is 1. The predicted octanol–water partition coefficient (Wildman–Crippen LogP) is 1.91. The first-order chi connectivity index (χ1) is 12.0. The molecule has 0 saturated carbocycles. The standard InChI is InChI=1S/C17H16F2N2O4S/c1-9(17(23)21-26(2,24)25)10-3-5-12(14(18)7-10)11-4-6-13(16(20)22)15(19)8-11/h3-9H,1-2H3,(H2,20,22)(H,21,23). The lowest BCUT2D eigenvalue weighted by molar-refractivity contribution is -0.120. The lowest BCUT2D eigenvalue weighted by Gasteiger charge is -2.13. The first kappa shape index (κ1) is 19.5. The van der Waals surface area contributed by atoms with Gasteiger partial charge in [-0.25, -0.2) is 17.2 Å². The first-order valence-electron chi connectivity index (χ1n) is 7.40. The molecule has 1 atom stereocenters. The summed E-state index contributed by atoms with van der Waals surface area (Å²) in [7, 11) is -3.73. The molecule has 0 radical (unpaired) electrons. The second-order valence-corrected chi connectivity index (χ2v) is 7.51. The van der Waals surface area contributed by atoms with E-state index in [4.69, 9.17) is 5.73 Å². The molecule has 2 aromatic carbocycles. The monoisotopic (exact) mass is 382 g/mol. The summed E-state index contributed by atoms with van der Waals surface area (Å²) in [5.41, 5.74) is 5.21. The van der Waals surface area contributed by atoms with Crippen LogP contribution in [0, 0.1) is 11.6 Å². The lowest BCUT2D eigenvalue weighted by Crippen LogP contribution is -2.32. The van der Waals surface area contributed by atoms with Crippen LogP contribution in [0.3, 0.4) is 0 Å². The molecule has 0 heterocycles. The van der Waals surface area contributed by atoms with Crippen LogP contribution >= 0.6 is 0 Å². The molecule has 9 heteroatoms. The number of benzene rings is 2. The molecule has 2 rings (SSSR count). The van der Waals surface area contributed by atoms with E-state index in [0.29, 0.717) is 0 Å². The molecular weight excluding hydrogens is 366 g/mol. The van der Waals surface area contributed by atoms with Crippen molar-refractivity contribution in [2.75, 3.05) is 6.26 Å². The SMILES string of the molecule is CC(C(=O)NS(C)(=O)=O)c1ccc(-c2ccc(C(N)=O)c(F)c2)c(F)c1. The summed E-state index contributed by atoms with van der Waals surface area (Å²) in [5, 5.41) is 0. The first-order valence-corrected chi connectivity index (χ1v) is 9.29. The van der Waals surface area contributed by atoms with E-state index in [1.54, 1.807) is 0 Å². The van der Waals surface area contributed by atoms with Gasteiger partial charge >= 0.3 is 0 Å². The van der Waals surface area contributed by atoms with Crippen molar-refractivity contribution in [1.29, 1.82) is 0 Å². The van der Waals surface area contributed by atoms with Crippen molar-refractivity contribution in [3.63, 3.8) is 0 Å². The zero-order valence-electron chi connectivity index (χ0n) is 13.9. The van der Waals surface area contributed by atoms with E-state index < -0.39 is 39.4 Å². The highest BCUT2D eigenvalue weighted by molar-refractivity contribution is 7.89. The average molecular weight is 382 g/mol. The zero-order chi connectivity index (χ0) is 19.6. The van der Waals surface area contributed by atoms with Crippen molar-refractivity contribution < 1.29 is 26.8 Å². The van der Waals surface area contributed by atoms with Gasteiger partial charge in [0.15, 0.2) is 0 Å². The van der Waals surface area contributed by atoms with E-state index in [9.17, 15) is 26.8 Å². The molecular formula is C17H16F2N2O4S. The second-order valence-electron chi connectivity index (χ2n) is 5.76. The molecule has 3 N–H and O–H groups in total. The molecule has 26 heavy (non-hydrogen) atoms. The topological polar surface area (TPSA) is 106 Å². The van der Waals surface area contributed by atoms with Gasteiger partial charge in [-0.1, -0.05) is 18.2 Å². The Morgan fingerprint density at radius 2 is 1.73 bits per heavy atom. The highest BCUT2D eigenvalue weighted by atomic mass is 32.2. The predicted molar refractivity (Wildman–Crippen MR) is 91.7 cm³/mol. The van der Waals surface area contributed by atoms with Crippen LogP contribution in [0.25, 0.3) is 11.1 Å². The van der Waals surface area contributed by atoms with Crippen LogP contribution in [-0.2, 0) is 14.8 Å². The maximum Gasteiger partial charge on any atom is 0.251 e. The molecule has 0 aliphatic rings. The number of primary amides is 1. The van der Waals surface area contributed by atoms with Gasteiger partial charge in [-0.3, -0.25) is 14.3 Å². The third kappa shape index (κ3) is 4.42. The summed E-state index contributed by atoms with van der Waals surface area (Å²) in [6.45, 7) is 1.43. The Hall–Kier alpha value is -2.81. The van der Waals surface area contributed by atoms with Crippen LogP contribution in [0.4, 0.5) is 8.78 Å². The number of nitrogens with two attached hydrogens (primary N) is 1. The normalized spacial score (nSPS) is 12.5. The van der Waals surface area contributed by atoms with Gasteiger partial charge in [-0.2, -0.15) is 0 Å². The molecule has 0 aliphatic heterocycles. The number of amides is 2. The van der Waals surface area contributed by atoms with E-state index in [0.717, 1.165) is 24.5 Å².